The highest BCUT2D eigenvalue weighted by Crippen LogP contribution is 2.29. The SMILES string of the molecule is Cc1ccc(S(=O)(=O)N(CC(=O)N[C@H](C)c2ccc(S(C)(=O)=O)cc2)c2ccc(Cl)cc2C)cc1. The highest BCUT2D eigenvalue weighted by molar-refractivity contribution is 7.93. The van der Waals surface area contributed by atoms with Crippen molar-refractivity contribution in [3.05, 3.63) is 88.4 Å². The summed E-state index contributed by atoms with van der Waals surface area (Å²) in [6, 6.07) is 16.9. The third-order valence-electron chi connectivity index (χ3n) is 5.51. The zero-order valence-electron chi connectivity index (χ0n) is 19.8. The van der Waals surface area contributed by atoms with Crippen LogP contribution in [0.15, 0.2) is 76.5 Å². The van der Waals surface area contributed by atoms with Crippen molar-refractivity contribution in [1.29, 1.82) is 0 Å². The lowest BCUT2D eigenvalue weighted by atomic mass is 10.1. The fourth-order valence-electron chi connectivity index (χ4n) is 3.54. The third-order valence-corrected chi connectivity index (χ3v) is 8.65. The van der Waals surface area contributed by atoms with Crippen LogP contribution in [0.2, 0.25) is 5.02 Å². The van der Waals surface area contributed by atoms with E-state index in [0.717, 1.165) is 16.1 Å². The minimum atomic E-state index is -4.06. The number of sulfonamides is 1. The standard InChI is InChI=1S/C25H27ClN2O5S2/c1-17-5-10-23(11-6-17)35(32,33)28(24-14-9-21(26)15-18(24)2)16-25(29)27-19(3)20-7-12-22(13-8-20)34(4,30)31/h5-15,19H,16H2,1-4H3,(H,27,29)/t19-/m1/s1. The smallest absolute Gasteiger partial charge is 0.264 e. The van der Waals surface area contributed by atoms with Crippen molar-refractivity contribution >= 4 is 43.1 Å². The van der Waals surface area contributed by atoms with Crippen LogP contribution in [0.25, 0.3) is 0 Å². The van der Waals surface area contributed by atoms with Crippen LogP contribution in [-0.2, 0) is 24.7 Å². The molecule has 3 rings (SSSR count). The number of rotatable bonds is 8. The van der Waals surface area contributed by atoms with Crippen LogP contribution < -0.4 is 9.62 Å². The van der Waals surface area contributed by atoms with Crippen molar-refractivity contribution in [3.63, 3.8) is 0 Å². The van der Waals surface area contributed by atoms with Gasteiger partial charge in [0.1, 0.15) is 6.54 Å². The molecule has 0 unspecified atom stereocenters. The van der Waals surface area contributed by atoms with E-state index in [4.69, 9.17) is 11.6 Å². The fraction of sp³-hybridized carbons (Fsp3) is 0.240. The lowest BCUT2D eigenvalue weighted by molar-refractivity contribution is -0.120. The van der Waals surface area contributed by atoms with Crippen LogP contribution in [0.1, 0.15) is 29.7 Å². The summed E-state index contributed by atoms with van der Waals surface area (Å²) in [6.07, 6.45) is 1.12. The summed E-state index contributed by atoms with van der Waals surface area (Å²) in [5.41, 5.74) is 2.54. The first-order valence-electron chi connectivity index (χ1n) is 10.7. The number of aryl methyl sites for hydroxylation is 2. The number of nitrogens with zero attached hydrogens (tertiary/aromatic N) is 1. The average molecular weight is 535 g/mol. The molecule has 0 saturated carbocycles. The lowest BCUT2D eigenvalue weighted by Gasteiger charge is -2.26. The molecule has 0 aliphatic heterocycles. The Labute approximate surface area is 211 Å². The number of carbonyl (C=O) groups excluding carboxylic acids is 1. The van der Waals surface area contributed by atoms with E-state index < -0.39 is 38.4 Å². The first-order valence-corrected chi connectivity index (χ1v) is 14.4. The van der Waals surface area contributed by atoms with Gasteiger partial charge in [-0.05, 0) is 74.4 Å². The quantitative estimate of drug-likeness (QED) is 0.460. The normalized spacial score (nSPS) is 12.7. The van der Waals surface area contributed by atoms with Crippen LogP contribution >= 0.6 is 11.6 Å². The van der Waals surface area contributed by atoms with Crippen LogP contribution in [0.3, 0.4) is 0 Å². The summed E-state index contributed by atoms with van der Waals surface area (Å²) in [5.74, 6) is -0.519. The minimum Gasteiger partial charge on any atom is -0.348 e. The van der Waals surface area contributed by atoms with Gasteiger partial charge in [0.15, 0.2) is 9.84 Å². The monoisotopic (exact) mass is 534 g/mol. The summed E-state index contributed by atoms with van der Waals surface area (Å²) < 4.78 is 51.6. The van der Waals surface area contributed by atoms with E-state index in [0.29, 0.717) is 21.8 Å². The van der Waals surface area contributed by atoms with Gasteiger partial charge in [0.25, 0.3) is 10.0 Å². The number of halogens is 1. The molecule has 1 amide bonds. The Bertz CT molecular complexity index is 1440. The number of amides is 1. The number of anilines is 1. The maximum absolute atomic E-state index is 13.6. The third kappa shape index (κ3) is 6.42. The molecule has 186 valence electrons. The second kappa shape index (κ2) is 10.4. The first-order chi connectivity index (χ1) is 16.3. The summed E-state index contributed by atoms with van der Waals surface area (Å²) in [4.78, 5) is 13.2. The Balaban J connectivity index is 1.90. The van der Waals surface area contributed by atoms with E-state index >= 15 is 0 Å². The van der Waals surface area contributed by atoms with Crippen molar-refractivity contribution < 1.29 is 21.6 Å². The molecular weight excluding hydrogens is 508 g/mol. The molecule has 0 bridgehead atoms. The second-order valence-corrected chi connectivity index (χ2v) is 12.7. The maximum atomic E-state index is 13.6. The molecule has 3 aromatic carbocycles. The first kappa shape index (κ1) is 26.7. The van der Waals surface area contributed by atoms with Gasteiger partial charge in [-0.15, -0.1) is 0 Å². The van der Waals surface area contributed by atoms with E-state index in [1.807, 2.05) is 6.92 Å². The van der Waals surface area contributed by atoms with Gasteiger partial charge in [0, 0.05) is 11.3 Å². The van der Waals surface area contributed by atoms with E-state index in [-0.39, 0.29) is 9.79 Å². The van der Waals surface area contributed by atoms with Gasteiger partial charge in [-0.1, -0.05) is 41.4 Å². The molecule has 1 N–H and O–H groups in total. The molecule has 0 radical (unpaired) electrons. The molecule has 0 heterocycles. The molecular formula is C25H27ClN2O5S2. The largest absolute Gasteiger partial charge is 0.348 e. The Morgan fingerprint density at radius 3 is 2.03 bits per heavy atom. The van der Waals surface area contributed by atoms with Crippen LogP contribution in [0.4, 0.5) is 5.69 Å². The van der Waals surface area contributed by atoms with Crippen molar-refractivity contribution in [1.82, 2.24) is 5.32 Å². The van der Waals surface area contributed by atoms with Gasteiger partial charge in [-0.25, -0.2) is 16.8 Å². The molecule has 0 aliphatic carbocycles. The molecule has 35 heavy (non-hydrogen) atoms. The Morgan fingerprint density at radius 2 is 1.49 bits per heavy atom. The fourth-order valence-corrected chi connectivity index (χ4v) is 5.88. The number of nitrogens with one attached hydrogen (secondary N) is 1. The number of sulfone groups is 1. The summed E-state index contributed by atoms with van der Waals surface area (Å²) >= 11 is 6.07. The predicted octanol–water partition coefficient (Wildman–Crippen LogP) is 4.43. The van der Waals surface area contributed by atoms with Gasteiger partial charge in [0.2, 0.25) is 5.91 Å². The summed E-state index contributed by atoms with van der Waals surface area (Å²) in [7, 11) is -7.40. The van der Waals surface area contributed by atoms with Gasteiger partial charge < -0.3 is 5.32 Å². The Hall–Kier alpha value is -2.88. The molecule has 0 saturated heterocycles. The number of benzene rings is 3. The Morgan fingerprint density at radius 1 is 0.914 bits per heavy atom. The van der Waals surface area contributed by atoms with E-state index in [2.05, 4.69) is 5.32 Å². The zero-order valence-corrected chi connectivity index (χ0v) is 22.2. The van der Waals surface area contributed by atoms with E-state index in [1.54, 1.807) is 56.3 Å². The number of hydrogen-bond acceptors (Lipinski definition) is 5. The van der Waals surface area contributed by atoms with E-state index in [9.17, 15) is 21.6 Å². The van der Waals surface area contributed by atoms with Crippen molar-refractivity contribution in [2.24, 2.45) is 0 Å². The highest BCUT2D eigenvalue weighted by atomic mass is 35.5. The molecule has 0 aliphatic rings. The van der Waals surface area contributed by atoms with Crippen molar-refractivity contribution in [3.8, 4) is 0 Å². The molecule has 1 atom stereocenters. The highest BCUT2D eigenvalue weighted by Gasteiger charge is 2.29. The Kier molecular flexibility index (Phi) is 7.93. The average Bonchev–Trinajstić information content (AvgIpc) is 2.77. The van der Waals surface area contributed by atoms with Crippen LogP contribution in [-0.4, -0.2) is 35.5 Å². The molecule has 7 nitrogen and oxygen atoms in total. The summed E-state index contributed by atoms with van der Waals surface area (Å²) in [5, 5.41) is 3.25. The maximum Gasteiger partial charge on any atom is 0.264 e. The lowest BCUT2D eigenvalue weighted by Crippen LogP contribution is -2.41. The predicted molar refractivity (Wildman–Crippen MR) is 138 cm³/mol. The zero-order chi connectivity index (χ0) is 26.0. The van der Waals surface area contributed by atoms with E-state index in [1.165, 1.54) is 24.3 Å². The number of carbonyl (C=O) groups is 1. The van der Waals surface area contributed by atoms with Crippen LogP contribution in [0.5, 0.6) is 0 Å². The van der Waals surface area contributed by atoms with Crippen molar-refractivity contribution in [2.45, 2.75) is 36.6 Å². The van der Waals surface area contributed by atoms with Gasteiger partial charge in [-0.3, -0.25) is 9.10 Å². The topological polar surface area (TPSA) is 101 Å². The molecule has 10 heteroatoms. The molecule has 0 fully saturated rings. The molecule has 0 aromatic heterocycles. The van der Waals surface area contributed by atoms with Gasteiger partial charge >= 0.3 is 0 Å². The van der Waals surface area contributed by atoms with Crippen LogP contribution in [0, 0.1) is 13.8 Å². The minimum absolute atomic E-state index is 0.0645. The molecule has 3 aromatic rings. The number of hydrogen-bond donors (Lipinski definition) is 1. The van der Waals surface area contributed by atoms with Gasteiger partial charge in [0.05, 0.1) is 21.5 Å². The molecule has 0 spiro atoms. The van der Waals surface area contributed by atoms with Gasteiger partial charge in [-0.2, -0.15) is 0 Å². The second-order valence-electron chi connectivity index (χ2n) is 8.39. The van der Waals surface area contributed by atoms with Crippen molar-refractivity contribution in [2.75, 3.05) is 17.1 Å². The summed E-state index contributed by atoms with van der Waals surface area (Å²) in [6.45, 7) is 4.86.